The van der Waals surface area contributed by atoms with E-state index in [-0.39, 0.29) is 55.8 Å². The molecule has 1 unspecified atom stereocenters. The van der Waals surface area contributed by atoms with Gasteiger partial charge in [-0.3, -0.25) is 24.0 Å². The van der Waals surface area contributed by atoms with Crippen molar-refractivity contribution in [2.75, 3.05) is 13.2 Å². The second-order valence-corrected chi connectivity index (χ2v) is 23.7. The predicted molar refractivity (Wildman–Crippen MR) is 239 cm³/mol. The summed E-state index contributed by atoms with van der Waals surface area (Å²) >= 11 is 0. The smallest absolute Gasteiger partial charge is 0.327 e. The molecule has 5 heterocycles. The number of carbonyl (C=O) groups is 4. The molecule has 12 atom stereocenters. The Morgan fingerprint density at radius 1 is 0.955 bits per heavy atom. The van der Waals surface area contributed by atoms with Crippen molar-refractivity contribution in [2.45, 2.75) is 204 Å². The Morgan fingerprint density at radius 2 is 1.68 bits per heavy atom. The lowest BCUT2D eigenvalue weighted by atomic mass is 9.52. The molecule has 1 aromatic rings. The van der Waals surface area contributed by atoms with Crippen molar-refractivity contribution in [2.24, 2.45) is 34.5 Å². The van der Waals surface area contributed by atoms with Crippen LogP contribution in [0, 0.1) is 34.5 Å². The summed E-state index contributed by atoms with van der Waals surface area (Å²) in [4.78, 5) is 65.4. The first-order valence-electron chi connectivity index (χ1n) is 25.3. The largest absolute Gasteiger partial charge is 0.460 e. The van der Waals surface area contributed by atoms with Gasteiger partial charge in [0.2, 0.25) is 11.8 Å². The molecule has 5 saturated carbocycles. The number of esters is 2. The molecule has 2 bridgehead atoms. The standard InChI is InChI=1S/C52H71N3O11/c1-48(2,3)63-40(57)20-18-34(28-56)53-45(58)37-8-7-23-54(37)47(60)51-26-38-41-42(65-52(64-41,32-14-15-32)33-16-17-33)44(51)66-55(43(51)46(59)61-38)27-30-11-9-29(10-12-30)24-31-13-19-39-50(6,62-39)22-21-36-35(31)25-49(36,4)5/h9-12,24,32-39,41-44,56H,7-8,13-23,25-28H2,1-6H3,(H,53,58)/t34-,35+,36+,37+,38+,39?,41-,42-,43-,44+,50+,51-/m0/s1. The molecule has 0 spiro atoms. The number of epoxide rings is 1. The van der Waals surface area contributed by atoms with Gasteiger partial charge in [-0.15, -0.1) is 0 Å². The molecule has 5 aliphatic heterocycles. The average Bonchev–Trinajstić information content (AvgIpc) is 4.23. The molecule has 5 aliphatic carbocycles. The van der Waals surface area contributed by atoms with E-state index in [0.29, 0.717) is 42.7 Å². The second-order valence-electron chi connectivity index (χ2n) is 23.7. The maximum Gasteiger partial charge on any atom is 0.327 e. The topological polar surface area (TPSA) is 166 Å². The fourth-order valence-corrected chi connectivity index (χ4v) is 13.7. The molecular weight excluding hydrogens is 843 g/mol. The van der Waals surface area contributed by atoms with Gasteiger partial charge < -0.3 is 39.0 Å². The zero-order valence-electron chi connectivity index (χ0n) is 39.8. The molecule has 14 nitrogen and oxygen atoms in total. The second kappa shape index (κ2) is 16.1. The Morgan fingerprint density at radius 3 is 2.36 bits per heavy atom. The van der Waals surface area contributed by atoms with Crippen LogP contribution in [-0.2, 0) is 54.2 Å². The van der Waals surface area contributed by atoms with Crippen LogP contribution < -0.4 is 5.32 Å². The molecule has 0 radical (unpaired) electrons. The quantitative estimate of drug-likeness (QED) is 0.182. The summed E-state index contributed by atoms with van der Waals surface area (Å²) in [5.74, 6) is -0.735. The Hall–Kier alpha value is -3.40. The molecule has 11 rings (SSSR count). The van der Waals surface area contributed by atoms with Crippen LogP contribution >= 0.6 is 0 Å². The van der Waals surface area contributed by atoms with Crippen molar-refractivity contribution in [3.63, 3.8) is 0 Å². The minimum atomic E-state index is -1.40. The summed E-state index contributed by atoms with van der Waals surface area (Å²) in [6.45, 7) is 12.7. The molecule has 5 saturated heterocycles. The number of benzene rings is 1. The van der Waals surface area contributed by atoms with E-state index in [9.17, 15) is 19.5 Å². The molecule has 14 heteroatoms. The first-order chi connectivity index (χ1) is 31.4. The van der Waals surface area contributed by atoms with Gasteiger partial charge in [0, 0.05) is 31.2 Å². The van der Waals surface area contributed by atoms with Gasteiger partial charge in [-0.25, -0.2) is 0 Å². The monoisotopic (exact) mass is 914 g/mol. The summed E-state index contributed by atoms with van der Waals surface area (Å²) in [6, 6.07) is 5.85. The minimum Gasteiger partial charge on any atom is -0.460 e. The van der Waals surface area contributed by atoms with Crippen LogP contribution in [0.1, 0.15) is 143 Å². The number of allylic oxidation sites excluding steroid dienone is 1. The molecular formula is C52H71N3O11. The number of hydroxylamine groups is 2. The summed E-state index contributed by atoms with van der Waals surface area (Å²) < 4.78 is 32.0. The van der Waals surface area contributed by atoms with Crippen molar-refractivity contribution in [3.05, 3.63) is 41.0 Å². The van der Waals surface area contributed by atoms with Gasteiger partial charge in [-0.05, 0) is 133 Å². The van der Waals surface area contributed by atoms with E-state index in [1.54, 1.807) is 30.7 Å². The third-order valence-corrected chi connectivity index (χ3v) is 17.4. The number of fused-ring (bicyclic) bond motifs is 6. The van der Waals surface area contributed by atoms with Crippen molar-refractivity contribution in [1.29, 1.82) is 0 Å². The first-order valence-corrected chi connectivity index (χ1v) is 25.3. The average molecular weight is 914 g/mol. The predicted octanol–water partition coefficient (Wildman–Crippen LogP) is 6.15. The van der Waals surface area contributed by atoms with E-state index in [1.807, 2.05) is 0 Å². The van der Waals surface area contributed by atoms with E-state index in [2.05, 4.69) is 56.4 Å². The molecule has 10 fully saturated rings. The lowest BCUT2D eigenvalue weighted by Crippen LogP contribution is -2.70. The Bertz CT molecular complexity index is 2130. The van der Waals surface area contributed by atoms with Gasteiger partial charge in [0.25, 0.3) is 0 Å². The van der Waals surface area contributed by atoms with Crippen molar-refractivity contribution >= 4 is 29.8 Å². The van der Waals surface area contributed by atoms with Gasteiger partial charge in [0.1, 0.15) is 41.5 Å². The maximum absolute atomic E-state index is 15.6. The summed E-state index contributed by atoms with van der Waals surface area (Å²) in [5, 5.41) is 14.8. The van der Waals surface area contributed by atoms with E-state index in [4.69, 9.17) is 28.5 Å². The van der Waals surface area contributed by atoms with Crippen LogP contribution in [0.3, 0.4) is 0 Å². The SMILES string of the molecule is CC(C)(C)OC(=O)CC[C@@H](CO)NC(=O)[C@H]1CCCN1C(=O)[C@@]12C[C@H]3OC(=O)[C@@H]1N(Cc1ccc(C=C4CCC5O[C@]5(C)CC[C@@H]5[C@@H]4CC5(C)C)cc1)O[C@@H]2[C@H]1OC(C2CC2)(C2CC2)O[C@H]13. The van der Waals surface area contributed by atoms with Gasteiger partial charge in [-0.1, -0.05) is 49.8 Å². The van der Waals surface area contributed by atoms with Crippen LogP contribution in [0.5, 0.6) is 0 Å². The highest BCUT2D eigenvalue weighted by Gasteiger charge is 2.79. The first kappa shape index (κ1) is 45.1. The highest BCUT2D eigenvalue weighted by Crippen LogP contribution is 2.65. The molecule has 66 heavy (non-hydrogen) atoms. The molecule has 10 aliphatic rings. The molecule has 360 valence electrons. The van der Waals surface area contributed by atoms with Gasteiger partial charge in [0.15, 0.2) is 11.8 Å². The highest BCUT2D eigenvalue weighted by molar-refractivity contribution is 5.96. The van der Waals surface area contributed by atoms with Crippen LogP contribution in [0.2, 0.25) is 0 Å². The van der Waals surface area contributed by atoms with Crippen molar-refractivity contribution < 1.29 is 52.8 Å². The van der Waals surface area contributed by atoms with E-state index < -0.39 is 77.2 Å². The Labute approximate surface area is 389 Å². The number of rotatable bonds is 12. The van der Waals surface area contributed by atoms with Gasteiger partial charge in [-0.2, -0.15) is 5.06 Å². The number of carbonyl (C=O) groups excluding carboxylic acids is 4. The van der Waals surface area contributed by atoms with Crippen LogP contribution in [-0.4, -0.2) is 118 Å². The number of aliphatic hydroxyl groups excluding tert-OH is 1. The van der Waals surface area contributed by atoms with Crippen molar-refractivity contribution in [3.8, 4) is 0 Å². The number of aliphatic hydroxyl groups is 1. The number of nitrogens with one attached hydrogen (secondary N) is 1. The third kappa shape index (κ3) is 7.76. The number of likely N-dealkylation sites (tertiary alicyclic amines) is 1. The van der Waals surface area contributed by atoms with Crippen LogP contribution in [0.15, 0.2) is 29.8 Å². The number of hydrogen-bond acceptors (Lipinski definition) is 12. The highest BCUT2D eigenvalue weighted by atomic mass is 16.8. The van der Waals surface area contributed by atoms with Crippen LogP contribution in [0.25, 0.3) is 6.08 Å². The number of amides is 2. The zero-order chi connectivity index (χ0) is 46.1. The van der Waals surface area contributed by atoms with E-state index in [1.165, 1.54) is 18.4 Å². The lowest BCUT2D eigenvalue weighted by Gasteiger charge is -2.53. The summed E-state index contributed by atoms with van der Waals surface area (Å²) in [7, 11) is 0. The van der Waals surface area contributed by atoms with E-state index in [0.717, 1.165) is 56.1 Å². The molecule has 2 amide bonds. The molecule has 1 aromatic carbocycles. The van der Waals surface area contributed by atoms with Crippen molar-refractivity contribution in [1.82, 2.24) is 15.3 Å². The fraction of sp³-hybridized carbons (Fsp3) is 0.769. The lowest BCUT2D eigenvalue weighted by molar-refractivity contribution is -0.235. The zero-order valence-corrected chi connectivity index (χ0v) is 39.8. The van der Waals surface area contributed by atoms with E-state index >= 15 is 4.79 Å². The summed E-state index contributed by atoms with van der Waals surface area (Å²) in [5.41, 5.74) is 1.89. The number of hydrogen-bond donors (Lipinski definition) is 2. The molecule has 0 aromatic heterocycles. The Kier molecular flexibility index (Phi) is 11.0. The maximum atomic E-state index is 15.6. The minimum absolute atomic E-state index is 0.0166. The Balaban J connectivity index is 0.857. The number of nitrogens with zero attached hydrogens (tertiary/aromatic N) is 2. The molecule has 2 N–H and O–H groups in total. The van der Waals surface area contributed by atoms with Gasteiger partial charge in [0.05, 0.1) is 30.9 Å². The van der Waals surface area contributed by atoms with Crippen LogP contribution in [0.4, 0.5) is 0 Å². The fourth-order valence-electron chi connectivity index (χ4n) is 13.7. The number of ether oxygens (including phenoxy) is 5. The third-order valence-electron chi connectivity index (χ3n) is 17.4. The summed E-state index contributed by atoms with van der Waals surface area (Å²) in [6.07, 6.45) is 11.0. The van der Waals surface area contributed by atoms with Gasteiger partial charge >= 0.3 is 11.9 Å². The normalized spacial score (nSPS) is 39.6.